The lowest BCUT2D eigenvalue weighted by molar-refractivity contribution is -0.119. The number of carbonyl (C=O) groups is 1. The lowest BCUT2D eigenvalue weighted by Gasteiger charge is -2.22. The number of sulfonamides is 1. The van der Waals surface area contributed by atoms with Crippen molar-refractivity contribution < 1.29 is 13.2 Å². The van der Waals surface area contributed by atoms with Crippen LogP contribution in [0.25, 0.3) is 0 Å². The van der Waals surface area contributed by atoms with Gasteiger partial charge < -0.3 is 0 Å². The lowest BCUT2D eigenvalue weighted by atomic mass is 9.91. The molecule has 1 aromatic rings. The molecule has 0 spiro atoms. The van der Waals surface area contributed by atoms with Gasteiger partial charge in [-0.2, -0.15) is 5.10 Å². The second-order valence-electron chi connectivity index (χ2n) is 6.23. The molecule has 0 fully saturated rings. The van der Waals surface area contributed by atoms with Gasteiger partial charge in [-0.3, -0.25) is 9.10 Å². The maximum Gasteiger partial charge on any atom is 0.260 e. The molecular weight excluding hydrogens is 338 g/mol. The van der Waals surface area contributed by atoms with Crippen molar-refractivity contribution in [1.82, 2.24) is 5.43 Å². The topological polar surface area (TPSA) is 78.8 Å². The molecule has 0 unspecified atom stereocenters. The smallest absolute Gasteiger partial charge is 0.260 e. The van der Waals surface area contributed by atoms with E-state index in [4.69, 9.17) is 11.6 Å². The van der Waals surface area contributed by atoms with Crippen LogP contribution in [0.15, 0.2) is 29.4 Å². The van der Waals surface area contributed by atoms with Crippen molar-refractivity contribution in [2.24, 2.45) is 10.5 Å². The Hall–Kier alpha value is -1.60. The molecule has 0 radical (unpaired) electrons. The minimum absolute atomic E-state index is 0.184. The Kier molecular flexibility index (Phi) is 6.18. The second-order valence-corrected chi connectivity index (χ2v) is 8.57. The molecule has 0 heterocycles. The Morgan fingerprint density at radius 2 is 1.96 bits per heavy atom. The van der Waals surface area contributed by atoms with Crippen molar-refractivity contribution >= 4 is 38.9 Å². The van der Waals surface area contributed by atoms with Crippen molar-refractivity contribution in [3.63, 3.8) is 0 Å². The molecule has 0 aliphatic rings. The predicted molar refractivity (Wildman–Crippen MR) is 94.3 cm³/mol. The van der Waals surface area contributed by atoms with E-state index >= 15 is 0 Å². The largest absolute Gasteiger partial charge is 0.271 e. The highest BCUT2D eigenvalue weighted by Crippen LogP contribution is 2.21. The fraction of sp³-hybridized carbons (Fsp3) is 0.467. The molecule has 0 saturated heterocycles. The van der Waals surface area contributed by atoms with Gasteiger partial charge in [-0.15, -0.1) is 0 Å². The molecule has 0 saturated carbocycles. The Morgan fingerprint density at radius 1 is 1.35 bits per heavy atom. The molecule has 0 atom stereocenters. The van der Waals surface area contributed by atoms with Gasteiger partial charge in [0.1, 0.15) is 6.54 Å². The van der Waals surface area contributed by atoms with Crippen LogP contribution >= 0.6 is 11.6 Å². The third kappa shape index (κ3) is 6.19. The Bertz CT molecular complexity index is 709. The minimum atomic E-state index is -3.63. The number of nitrogens with one attached hydrogen (secondary N) is 1. The molecule has 1 aromatic carbocycles. The van der Waals surface area contributed by atoms with Gasteiger partial charge in [0, 0.05) is 16.1 Å². The number of anilines is 1. The monoisotopic (exact) mass is 359 g/mol. The summed E-state index contributed by atoms with van der Waals surface area (Å²) >= 11 is 5.88. The highest BCUT2D eigenvalue weighted by molar-refractivity contribution is 7.92. The van der Waals surface area contributed by atoms with Crippen LogP contribution in [-0.2, 0) is 14.8 Å². The molecule has 0 aliphatic carbocycles. The second kappa shape index (κ2) is 7.31. The summed E-state index contributed by atoms with van der Waals surface area (Å²) in [4.78, 5) is 12.0. The molecule has 0 aliphatic heterocycles. The number of carbonyl (C=O) groups excluding carboxylic acids is 1. The van der Waals surface area contributed by atoms with Crippen molar-refractivity contribution in [2.75, 3.05) is 17.1 Å². The van der Waals surface area contributed by atoms with Crippen LogP contribution in [-0.4, -0.2) is 32.8 Å². The maximum absolute atomic E-state index is 12.0. The van der Waals surface area contributed by atoms with E-state index in [0.29, 0.717) is 10.7 Å². The average Bonchev–Trinajstić information content (AvgIpc) is 2.39. The molecule has 0 aromatic heterocycles. The molecule has 1 amide bonds. The zero-order valence-electron chi connectivity index (χ0n) is 13.9. The summed E-state index contributed by atoms with van der Waals surface area (Å²) < 4.78 is 24.9. The van der Waals surface area contributed by atoms with Gasteiger partial charge in [-0.1, -0.05) is 38.4 Å². The molecule has 6 nitrogen and oxygen atoms in total. The minimum Gasteiger partial charge on any atom is -0.271 e. The van der Waals surface area contributed by atoms with Crippen LogP contribution < -0.4 is 9.73 Å². The zero-order chi connectivity index (χ0) is 17.8. The highest BCUT2D eigenvalue weighted by Gasteiger charge is 2.21. The molecule has 0 bridgehead atoms. The van der Waals surface area contributed by atoms with Crippen LogP contribution in [0.4, 0.5) is 5.69 Å². The molecule has 128 valence electrons. The van der Waals surface area contributed by atoms with E-state index in [1.165, 1.54) is 6.07 Å². The van der Waals surface area contributed by atoms with Gasteiger partial charge in [0.2, 0.25) is 10.0 Å². The molecule has 1 N–H and O–H groups in total. The van der Waals surface area contributed by atoms with Crippen LogP contribution in [0.1, 0.15) is 27.7 Å². The van der Waals surface area contributed by atoms with Crippen molar-refractivity contribution in [3.05, 3.63) is 29.3 Å². The summed E-state index contributed by atoms with van der Waals surface area (Å²) in [5, 5.41) is 4.40. The number of hydrogen-bond donors (Lipinski definition) is 1. The van der Waals surface area contributed by atoms with Crippen molar-refractivity contribution in [1.29, 1.82) is 0 Å². The van der Waals surface area contributed by atoms with E-state index in [9.17, 15) is 13.2 Å². The van der Waals surface area contributed by atoms with Crippen molar-refractivity contribution in [3.8, 4) is 0 Å². The Labute approximate surface area is 142 Å². The summed E-state index contributed by atoms with van der Waals surface area (Å²) in [6.07, 6.45) is 1.03. The van der Waals surface area contributed by atoms with Crippen molar-refractivity contribution in [2.45, 2.75) is 27.7 Å². The van der Waals surface area contributed by atoms with E-state index in [2.05, 4.69) is 10.5 Å². The first kappa shape index (κ1) is 19.4. The van der Waals surface area contributed by atoms with Gasteiger partial charge in [0.05, 0.1) is 11.9 Å². The maximum atomic E-state index is 12.0. The fourth-order valence-electron chi connectivity index (χ4n) is 1.51. The summed E-state index contributed by atoms with van der Waals surface area (Å²) in [7, 11) is -3.63. The standard InChI is InChI=1S/C15H22ClN3O3S/c1-11(15(2,3)4)17-18-14(20)10-19(23(5,21)22)13-8-6-7-12(16)9-13/h6-9H,10H2,1-5H3,(H,18,20)/b17-11-. The number of nitrogens with zero attached hydrogens (tertiary/aromatic N) is 2. The highest BCUT2D eigenvalue weighted by atomic mass is 35.5. The van der Waals surface area contributed by atoms with Gasteiger partial charge in [-0.05, 0) is 25.1 Å². The van der Waals surface area contributed by atoms with E-state index in [0.717, 1.165) is 16.3 Å². The molecule has 8 heteroatoms. The van der Waals surface area contributed by atoms with Crippen LogP contribution in [0.2, 0.25) is 5.02 Å². The fourth-order valence-corrected chi connectivity index (χ4v) is 2.54. The third-order valence-corrected chi connectivity index (χ3v) is 4.59. The van der Waals surface area contributed by atoms with Gasteiger partial charge in [-0.25, -0.2) is 13.8 Å². The number of amides is 1. The summed E-state index contributed by atoms with van der Waals surface area (Å²) in [5.41, 5.74) is 3.26. The Balaban J connectivity index is 2.94. The molecular formula is C15H22ClN3O3S. The number of benzene rings is 1. The SMILES string of the molecule is C/C(=N/NC(=O)CN(c1cccc(Cl)c1)S(C)(=O)=O)C(C)(C)C. The van der Waals surface area contributed by atoms with Gasteiger partial charge >= 0.3 is 0 Å². The number of hydrazone groups is 1. The van der Waals surface area contributed by atoms with Crippen LogP contribution in [0, 0.1) is 5.41 Å². The zero-order valence-corrected chi connectivity index (χ0v) is 15.5. The van der Waals surface area contributed by atoms with E-state index in [-0.39, 0.29) is 12.0 Å². The first-order valence-corrected chi connectivity index (χ1v) is 9.21. The van der Waals surface area contributed by atoms with Gasteiger partial charge in [0.15, 0.2) is 0 Å². The number of halogens is 1. The normalized spacial score (nSPS) is 12.9. The van der Waals surface area contributed by atoms with E-state index in [1.807, 2.05) is 20.8 Å². The number of rotatable bonds is 5. The number of hydrogen-bond acceptors (Lipinski definition) is 4. The van der Waals surface area contributed by atoms with Crippen LogP contribution in [0.5, 0.6) is 0 Å². The third-order valence-electron chi connectivity index (χ3n) is 3.22. The summed E-state index contributed by atoms with van der Waals surface area (Å²) in [5.74, 6) is -0.529. The van der Waals surface area contributed by atoms with Crippen LogP contribution in [0.3, 0.4) is 0 Å². The van der Waals surface area contributed by atoms with Gasteiger partial charge in [0.25, 0.3) is 5.91 Å². The summed E-state index contributed by atoms with van der Waals surface area (Å²) in [6, 6.07) is 6.31. The molecule has 1 rings (SSSR count). The van der Waals surface area contributed by atoms with E-state index < -0.39 is 15.9 Å². The average molecular weight is 360 g/mol. The molecule has 23 heavy (non-hydrogen) atoms. The Morgan fingerprint density at radius 3 is 2.43 bits per heavy atom. The first-order chi connectivity index (χ1) is 10.4. The summed E-state index contributed by atoms with van der Waals surface area (Å²) in [6.45, 7) is 7.32. The van der Waals surface area contributed by atoms with E-state index in [1.54, 1.807) is 25.1 Å². The first-order valence-electron chi connectivity index (χ1n) is 6.98. The predicted octanol–water partition coefficient (Wildman–Crippen LogP) is 2.64. The quantitative estimate of drug-likeness (QED) is 0.648. The lowest BCUT2D eigenvalue weighted by Crippen LogP contribution is -2.39.